The lowest BCUT2D eigenvalue weighted by Gasteiger charge is -2.00. The number of nitrogens with one attached hydrogen (secondary N) is 2. The fraction of sp³-hybridized carbons (Fsp3) is 0. The van der Waals surface area contributed by atoms with Crippen LogP contribution >= 0.6 is 11.6 Å². The molecule has 104 valence electrons. The van der Waals surface area contributed by atoms with E-state index in [2.05, 4.69) is 20.5 Å². The summed E-state index contributed by atoms with van der Waals surface area (Å²) in [5.74, 6) is -0.281. The van der Waals surface area contributed by atoms with Gasteiger partial charge in [-0.3, -0.25) is 4.79 Å². The quantitative estimate of drug-likeness (QED) is 0.576. The smallest absolute Gasteiger partial charge is 0.271 e. The molecular weight excluding hydrogens is 288 g/mol. The fourth-order valence-corrected chi connectivity index (χ4v) is 1.98. The van der Waals surface area contributed by atoms with Crippen LogP contribution in [0, 0.1) is 0 Å². The van der Waals surface area contributed by atoms with Crippen molar-refractivity contribution in [3.8, 4) is 0 Å². The van der Waals surface area contributed by atoms with Crippen LogP contribution in [0.25, 0.3) is 11.0 Å². The summed E-state index contributed by atoms with van der Waals surface area (Å²) < 4.78 is 0. The summed E-state index contributed by atoms with van der Waals surface area (Å²) in [6.07, 6.45) is 3.15. The van der Waals surface area contributed by atoms with E-state index in [0.717, 1.165) is 16.6 Å². The second-order valence-electron chi connectivity index (χ2n) is 4.39. The maximum absolute atomic E-state index is 12.0. The summed E-state index contributed by atoms with van der Waals surface area (Å²) in [7, 11) is 0. The Morgan fingerprint density at radius 2 is 2.05 bits per heavy atom. The van der Waals surface area contributed by atoms with Crippen LogP contribution < -0.4 is 5.43 Å². The molecular formula is C15H11ClN4O. The molecule has 6 heteroatoms. The number of hydrogen-bond acceptors (Lipinski definition) is 3. The minimum absolute atomic E-state index is 0.281. The standard InChI is InChI=1S/C15H11ClN4O/c16-12-4-1-10(2-5-12)8-19-20-15(21)11-3-6-13-14(7-11)18-9-17-13/h1-9H,(H,17,18)(H,20,21)/b19-8+. The molecule has 0 saturated carbocycles. The number of aromatic nitrogens is 2. The van der Waals surface area contributed by atoms with Crippen LogP contribution in [0.3, 0.4) is 0 Å². The minimum Gasteiger partial charge on any atom is -0.345 e. The molecule has 3 rings (SSSR count). The predicted octanol–water partition coefficient (Wildman–Crippen LogP) is 2.98. The number of carbonyl (C=O) groups excluding carboxylic acids is 1. The van der Waals surface area contributed by atoms with Gasteiger partial charge in [-0.2, -0.15) is 5.10 Å². The van der Waals surface area contributed by atoms with Crippen molar-refractivity contribution in [2.75, 3.05) is 0 Å². The number of carbonyl (C=O) groups is 1. The number of nitrogens with zero attached hydrogens (tertiary/aromatic N) is 2. The first-order chi connectivity index (χ1) is 10.2. The van der Waals surface area contributed by atoms with Crippen LogP contribution in [0.2, 0.25) is 5.02 Å². The molecule has 2 N–H and O–H groups in total. The molecule has 21 heavy (non-hydrogen) atoms. The molecule has 0 spiro atoms. The van der Waals surface area contributed by atoms with Crippen LogP contribution in [-0.2, 0) is 0 Å². The third-order valence-electron chi connectivity index (χ3n) is 2.93. The van der Waals surface area contributed by atoms with Gasteiger partial charge in [0.25, 0.3) is 5.91 Å². The molecule has 1 aromatic heterocycles. The lowest BCUT2D eigenvalue weighted by molar-refractivity contribution is 0.0955. The molecule has 0 radical (unpaired) electrons. The Morgan fingerprint density at radius 1 is 1.24 bits per heavy atom. The number of halogens is 1. The first kappa shape index (κ1) is 13.3. The SMILES string of the molecule is O=C(N/N=C/c1ccc(Cl)cc1)c1ccc2nc[nH]c2c1. The molecule has 0 unspecified atom stereocenters. The van der Waals surface area contributed by atoms with Crippen LogP contribution in [-0.4, -0.2) is 22.1 Å². The second-order valence-corrected chi connectivity index (χ2v) is 4.82. The molecule has 0 aliphatic rings. The van der Waals surface area contributed by atoms with E-state index >= 15 is 0 Å². The summed E-state index contributed by atoms with van der Waals surface area (Å²) in [5.41, 5.74) is 5.47. The second kappa shape index (κ2) is 5.76. The largest absolute Gasteiger partial charge is 0.345 e. The molecule has 2 aromatic carbocycles. The number of rotatable bonds is 3. The van der Waals surface area contributed by atoms with Crippen molar-refractivity contribution in [2.24, 2.45) is 5.10 Å². The third-order valence-corrected chi connectivity index (χ3v) is 3.18. The van der Waals surface area contributed by atoms with Gasteiger partial charge in [0.05, 0.1) is 23.6 Å². The van der Waals surface area contributed by atoms with E-state index < -0.39 is 0 Å². The Kier molecular flexibility index (Phi) is 3.66. The lowest BCUT2D eigenvalue weighted by atomic mass is 10.2. The number of hydrazone groups is 1. The van der Waals surface area contributed by atoms with Crippen molar-refractivity contribution in [3.05, 3.63) is 64.9 Å². The molecule has 1 heterocycles. The summed E-state index contributed by atoms with van der Waals surface area (Å²) in [6, 6.07) is 12.4. The summed E-state index contributed by atoms with van der Waals surface area (Å²) >= 11 is 5.79. The number of H-pyrrole nitrogens is 1. The average molecular weight is 299 g/mol. The zero-order chi connectivity index (χ0) is 14.7. The van der Waals surface area contributed by atoms with E-state index in [0.29, 0.717) is 10.6 Å². The number of fused-ring (bicyclic) bond motifs is 1. The maximum atomic E-state index is 12.0. The predicted molar refractivity (Wildman–Crippen MR) is 82.6 cm³/mol. The van der Waals surface area contributed by atoms with Crippen molar-refractivity contribution in [3.63, 3.8) is 0 Å². The first-order valence-corrected chi connectivity index (χ1v) is 6.62. The zero-order valence-corrected chi connectivity index (χ0v) is 11.6. The molecule has 0 bridgehead atoms. The summed E-state index contributed by atoms with van der Waals surface area (Å²) in [4.78, 5) is 19.0. The highest BCUT2D eigenvalue weighted by molar-refractivity contribution is 6.30. The van der Waals surface area contributed by atoms with E-state index in [1.807, 2.05) is 12.1 Å². The lowest BCUT2D eigenvalue weighted by Crippen LogP contribution is -2.17. The van der Waals surface area contributed by atoms with E-state index in [4.69, 9.17) is 11.6 Å². The van der Waals surface area contributed by atoms with Gasteiger partial charge in [-0.25, -0.2) is 10.4 Å². The number of hydrogen-bond donors (Lipinski definition) is 2. The van der Waals surface area contributed by atoms with Crippen LogP contribution in [0.15, 0.2) is 53.9 Å². The molecule has 5 nitrogen and oxygen atoms in total. The van der Waals surface area contributed by atoms with Gasteiger partial charge in [-0.1, -0.05) is 23.7 Å². The molecule has 3 aromatic rings. The number of aromatic amines is 1. The number of benzene rings is 2. The highest BCUT2D eigenvalue weighted by Crippen LogP contribution is 2.11. The molecule has 0 aliphatic carbocycles. The first-order valence-electron chi connectivity index (χ1n) is 6.24. The number of amides is 1. The summed E-state index contributed by atoms with van der Waals surface area (Å²) in [5, 5.41) is 4.58. The monoisotopic (exact) mass is 298 g/mol. The molecule has 1 amide bonds. The normalized spacial score (nSPS) is 11.1. The van der Waals surface area contributed by atoms with Gasteiger partial charge < -0.3 is 4.98 Å². The third kappa shape index (κ3) is 3.09. The van der Waals surface area contributed by atoms with E-state index in [-0.39, 0.29) is 5.91 Å². The Labute approximate surface area is 125 Å². The Bertz CT molecular complexity index is 808. The molecule has 0 aliphatic heterocycles. The molecule has 0 fully saturated rings. The van der Waals surface area contributed by atoms with Gasteiger partial charge >= 0.3 is 0 Å². The Hall–Kier alpha value is -2.66. The van der Waals surface area contributed by atoms with Crippen molar-refractivity contribution in [2.45, 2.75) is 0 Å². The fourth-order valence-electron chi connectivity index (χ4n) is 1.86. The summed E-state index contributed by atoms with van der Waals surface area (Å²) in [6.45, 7) is 0. The Morgan fingerprint density at radius 3 is 2.86 bits per heavy atom. The van der Waals surface area contributed by atoms with E-state index in [1.54, 1.807) is 42.9 Å². The van der Waals surface area contributed by atoms with Gasteiger partial charge in [0.15, 0.2) is 0 Å². The van der Waals surface area contributed by atoms with Crippen molar-refractivity contribution < 1.29 is 4.79 Å². The van der Waals surface area contributed by atoms with Crippen LogP contribution in [0.4, 0.5) is 0 Å². The van der Waals surface area contributed by atoms with Gasteiger partial charge in [0.2, 0.25) is 0 Å². The van der Waals surface area contributed by atoms with Crippen LogP contribution in [0.1, 0.15) is 15.9 Å². The highest BCUT2D eigenvalue weighted by Gasteiger charge is 2.05. The van der Waals surface area contributed by atoms with Gasteiger partial charge in [0.1, 0.15) is 0 Å². The zero-order valence-electron chi connectivity index (χ0n) is 10.9. The van der Waals surface area contributed by atoms with E-state index in [9.17, 15) is 4.79 Å². The van der Waals surface area contributed by atoms with Gasteiger partial charge in [-0.05, 0) is 35.9 Å². The van der Waals surface area contributed by atoms with Crippen molar-refractivity contribution >= 4 is 34.8 Å². The van der Waals surface area contributed by atoms with Gasteiger partial charge in [-0.15, -0.1) is 0 Å². The van der Waals surface area contributed by atoms with E-state index in [1.165, 1.54) is 0 Å². The molecule has 0 atom stereocenters. The van der Waals surface area contributed by atoms with Crippen molar-refractivity contribution in [1.29, 1.82) is 0 Å². The van der Waals surface area contributed by atoms with Crippen LogP contribution in [0.5, 0.6) is 0 Å². The Balaban J connectivity index is 1.69. The number of imidazole rings is 1. The topological polar surface area (TPSA) is 70.1 Å². The average Bonchev–Trinajstić information content (AvgIpc) is 2.96. The van der Waals surface area contributed by atoms with Crippen molar-refractivity contribution in [1.82, 2.24) is 15.4 Å². The molecule has 0 saturated heterocycles. The van der Waals surface area contributed by atoms with Gasteiger partial charge in [0, 0.05) is 10.6 Å². The maximum Gasteiger partial charge on any atom is 0.271 e. The minimum atomic E-state index is -0.281. The highest BCUT2D eigenvalue weighted by atomic mass is 35.5.